The highest BCUT2D eigenvalue weighted by Crippen LogP contribution is 2.24. The Morgan fingerprint density at radius 1 is 1.10 bits per heavy atom. The molecule has 0 aromatic carbocycles. The standard InChI is InChI=1S/C14H26N2O4S/c1-11-3-2-4-13(6-5-11)15-21(19,20)16-9-7-12(8-10-16)14(17)18/h11-13,15H,2-10H2,1H3,(H,17,18). The molecule has 2 aliphatic rings. The van der Waals surface area contributed by atoms with Gasteiger partial charge in [0, 0.05) is 19.1 Å². The van der Waals surface area contributed by atoms with Crippen molar-refractivity contribution in [2.45, 2.75) is 57.9 Å². The summed E-state index contributed by atoms with van der Waals surface area (Å²) in [6.45, 7) is 2.82. The zero-order valence-corrected chi connectivity index (χ0v) is 13.4. The van der Waals surface area contributed by atoms with Crippen molar-refractivity contribution in [1.29, 1.82) is 0 Å². The normalized spacial score (nSPS) is 30.0. The lowest BCUT2D eigenvalue weighted by Gasteiger charge is -2.30. The predicted molar refractivity (Wildman–Crippen MR) is 80.0 cm³/mol. The largest absolute Gasteiger partial charge is 0.481 e. The van der Waals surface area contributed by atoms with E-state index in [0.29, 0.717) is 31.8 Å². The summed E-state index contributed by atoms with van der Waals surface area (Å²) in [5.74, 6) is -0.557. The van der Waals surface area contributed by atoms with Crippen molar-refractivity contribution in [3.63, 3.8) is 0 Å². The summed E-state index contributed by atoms with van der Waals surface area (Å²) in [6, 6.07) is 0.0251. The summed E-state index contributed by atoms with van der Waals surface area (Å²) >= 11 is 0. The predicted octanol–water partition coefficient (Wildman–Crippen LogP) is 1.59. The van der Waals surface area contributed by atoms with Crippen LogP contribution in [0.1, 0.15) is 51.9 Å². The van der Waals surface area contributed by atoms with Crippen molar-refractivity contribution in [2.75, 3.05) is 13.1 Å². The van der Waals surface area contributed by atoms with Gasteiger partial charge in [0.25, 0.3) is 10.2 Å². The van der Waals surface area contributed by atoms with Crippen molar-refractivity contribution in [3.8, 4) is 0 Å². The maximum atomic E-state index is 12.4. The van der Waals surface area contributed by atoms with Crippen LogP contribution in [0.15, 0.2) is 0 Å². The van der Waals surface area contributed by atoms with Crippen molar-refractivity contribution in [2.24, 2.45) is 11.8 Å². The number of hydrogen-bond donors (Lipinski definition) is 2. The molecule has 7 heteroatoms. The fourth-order valence-electron chi connectivity index (χ4n) is 3.23. The number of piperidine rings is 1. The van der Waals surface area contributed by atoms with Crippen LogP contribution in [0.3, 0.4) is 0 Å². The average molecular weight is 318 g/mol. The molecule has 1 saturated heterocycles. The van der Waals surface area contributed by atoms with E-state index in [0.717, 1.165) is 25.7 Å². The zero-order chi connectivity index (χ0) is 15.5. The van der Waals surface area contributed by atoms with Crippen molar-refractivity contribution in [1.82, 2.24) is 9.03 Å². The van der Waals surface area contributed by atoms with E-state index in [1.807, 2.05) is 0 Å². The SMILES string of the molecule is CC1CCCC(NS(=O)(=O)N2CCC(C(=O)O)CC2)CC1. The fraction of sp³-hybridized carbons (Fsp3) is 0.929. The Morgan fingerprint density at radius 3 is 2.38 bits per heavy atom. The van der Waals surface area contributed by atoms with E-state index >= 15 is 0 Å². The molecule has 0 radical (unpaired) electrons. The number of carboxylic acid groups (broad SMARTS) is 1. The van der Waals surface area contributed by atoms with E-state index in [4.69, 9.17) is 5.11 Å². The van der Waals surface area contributed by atoms with Gasteiger partial charge in [0.2, 0.25) is 0 Å². The van der Waals surface area contributed by atoms with Gasteiger partial charge in [-0.25, -0.2) is 0 Å². The second kappa shape index (κ2) is 7.07. The van der Waals surface area contributed by atoms with Gasteiger partial charge in [0.15, 0.2) is 0 Å². The van der Waals surface area contributed by atoms with E-state index in [1.165, 1.54) is 10.7 Å². The molecule has 2 unspecified atom stereocenters. The van der Waals surface area contributed by atoms with Crippen LogP contribution in [0.4, 0.5) is 0 Å². The van der Waals surface area contributed by atoms with Gasteiger partial charge < -0.3 is 5.11 Å². The Kier molecular flexibility index (Phi) is 5.62. The highest BCUT2D eigenvalue weighted by molar-refractivity contribution is 7.87. The smallest absolute Gasteiger partial charge is 0.306 e. The Bertz CT molecular complexity index is 458. The molecule has 2 fully saturated rings. The molecule has 0 amide bonds. The van der Waals surface area contributed by atoms with Crippen LogP contribution in [-0.2, 0) is 15.0 Å². The van der Waals surface area contributed by atoms with Gasteiger partial charge in [-0.3, -0.25) is 4.79 Å². The van der Waals surface area contributed by atoms with E-state index in [2.05, 4.69) is 11.6 Å². The second-order valence-electron chi connectivity index (χ2n) is 6.44. The van der Waals surface area contributed by atoms with Gasteiger partial charge in [0.05, 0.1) is 5.92 Å². The van der Waals surface area contributed by atoms with Crippen LogP contribution in [-0.4, -0.2) is 42.9 Å². The Balaban J connectivity index is 1.88. The number of carboxylic acids is 1. The van der Waals surface area contributed by atoms with Crippen LogP contribution >= 0.6 is 0 Å². The lowest BCUT2D eigenvalue weighted by atomic mass is 9.99. The Hall–Kier alpha value is -0.660. The summed E-state index contributed by atoms with van der Waals surface area (Å²) in [6.07, 6.45) is 5.89. The van der Waals surface area contributed by atoms with Crippen molar-refractivity contribution in [3.05, 3.63) is 0 Å². The molecule has 0 aromatic heterocycles. The number of aliphatic carboxylic acids is 1. The van der Waals surface area contributed by atoms with Crippen LogP contribution in [0, 0.1) is 11.8 Å². The van der Waals surface area contributed by atoms with Crippen molar-refractivity contribution >= 4 is 16.2 Å². The number of hydrogen-bond acceptors (Lipinski definition) is 3. The molecule has 1 aliphatic carbocycles. The number of rotatable bonds is 4. The third kappa shape index (κ3) is 4.66. The van der Waals surface area contributed by atoms with Crippen LogP contribution < -0.4 is 4.72 Å². The molecule has 21 heavy (non-hydrogen) atoms. The van der Waals surface area contributed by atoms with E-state index in [1.54, 1.807) is 0 Å². The number of carbonyl (C=O) groups is 1. The third-order valence-corrected chi connectivity index (χ3v) is 6.39. The summed E-state index contributed by atoms with van der Waals surface area (Å²) in [5, 5.41) is 8.96. The molecule has 1 heterocycles. The summed E-state index contributed by atoms with van der Waals surface area (Å²) in [4.78, 5) is 10.9. The molecule has 2 N–H and O–H groups in total. The fourth-order valence-corrected chi connectivity index (χ4v) is 4.73. The summed E-state index contributed by atoms with van der Waals surface area (Å²) < 4.78 is 29.0. The molecule has 2 rings (SSSR count). The highest BCUT2D eigenvalue weighted by Gasteiger charge is 2.32. The van der Waals surface area contributed by atoms with E-state index in [-0.39, 0.29) is 6.04 Å². The first-order chi connectivity index (χ1) is 9.88. The molecular weight excluding hydrogens is 292 g/mol. The molecule has 0 bridgehead atoms. The monoisotopic (exact) mass is 318 g/mol. The van der Waals surface area contributed by atoms with Gasteiger partial charge in [-0.2, -0.15) is 17.4 Å². The molecule has 0 aromatic rings. The molecule has 1 aliphatic heterocycles. The number of nitrogens with one attached hydrogen (secondary N) is 1. The maximum absolute atomic E-state index is 12.4. The minimum absolute atomic E-state index is 0.0251. The van der Waals surface area contributed by atoms with Crippen molar-refractivity contribution < 1.29 is 18.3 Å². The third-order valence-electron chi connectivity index (χ3n) is 4.72. The molecular formula is C14H26N2O4S. The number of nitrogens with zero attached hydrogens (tertiary/aromatic N) is 1. The van der Waals surface area contributed by atoms with Gasteiger partial charge in [-0.05, 0) is 38.0 Å². The van der Waals surface area contributed by atoms with E-state index < -0.39 is 22.1 Å². The first-order valence-electron chi connectivity index (χ1n) is 7.88. The summed E-state index contributed by atoms with van der Waals surface area (Å²) in [5.41, 5.74) is 0. The molecule has 2 atom stereocenters. The van der Waals surface area contributed by atoms with Gasteiger partial charge in [-0.15, -0.1) is 0 Å². The van der Waals surface area contributed by atoms with Gasteiger partial charge in [-0.1, -0.05) is 19.8 Å². The van der Waals surface area contributed by atoms with E-state index in [9.17, 15) is 13.2 Å². The van der Waals surface area contributed by atoms with Crippen LogP contribution in [0.25, 0.3) is 0 Å². The first-order valence-corrected chi connectivity index (χ1v) is 9.32. The molecule has 122 valence electrons. The summed E-state index contributed by atoms with van der Waals surface area (Å²) in [7, 11) is -3.48. The minimum atomic E-state index is -3.48. The Morgan fingerprint density at radius 2 is 1.76 bits per heavy atom. The zero-order valence-electron chi connectivity index (χ0n) is 12.6. The van der Waals surface area contributed by atoms with Crippen LogP contribution in [0.5, 0.6) is 0 Å². The average Bonchev–Trinajstić information content (AvgIpc) is 2.63. The van der Waals surface area contributed by atoms with Gasteiger partial charge in [0.1, 0.15) is 0 Å². The Labute approximate surface area is 127 Å². The molecule has 1 saturated carbocycles. The molecule has 0 spiro atoms. The highest BCUT2D eigenvalue weighted by atomic mass is 32.2. The van der Waals surface area contributed by atoms with Crippen LogP contribution in [0.2, 0.25) is 0 Å². The lowest BCUT2D eigenvalue weighted by molar-refractivity contribution is -0.142. The lowest BCUT2D eigenvalue weighted by Crippen LogP contribution is -2.48. The topological polar surface area (TPSA) is 86.7 Å². The first kappa shape index (κ1) is 16.7. The second-order valence-corrected chi connectivity index (χ2v) is 8.15. The quantitative estimate of drug-likeness (QED) is 0.771. The maximum Gasteiger partial charge on any atom is 0.306 e. The minimum Gasteiger partial charge on any atom is -0.481 e. The molecule has 6 nitrogen and oxygen atoms in total. The van der Waals surface area contributed by atoms with Gasteiger partial charge >= 0.3 is 5.97 Å².